The molecule has 0 amide bonds. The van der Waals surface area contributed by atoms with Gasteiger partial charge in [-0.3, -0.25) is 0 Å². The van der Waals surface area contributed by atoms with Gasteiger partial charge in [-0.15, -0.1) is 0 Å². The molecule has 0 atom stereocenters. The van der Waals surface area contributed by atoms with Gasteiger partial charge in [0.05, 0.1) is 6.61 Å². The second kappa shape index (κ2) is 7.38. The number of nitrogens with one attached hydrogen (secondary N) is 1. The van der Waals surface area contributed by atoms with Gasteiger partial charge in [0, 0.05) is 24.1 Å². The first-order valence-electron chi connectivity index (χ1n) is 6.95. The quantitative estimate of drug-likeness (QED) is 0.654. The highest BCUT2D eigenvalue weighted by Crippen LogP contribution is 2.16. The zero-order valence-corrected chi connectivity index (χ0v) is 13.0. The van der Waals surface area contributed by atoms with Crippen molar-refractivity contribution in [1.29, 1.82) is 0 Å². The maximum atomic E-state index is 5.77. The highest BCUT2D eigenvalue weighted by molar-refractivity contribution is 4.77. The molecule has 0 radical (unpaired) electrons. The van der Waals surface area contributed by atoms with Crippen LogP contribution in [-0.2, 0) is 4.74 Å². The van der Waals surface area contributed by atoms with E-state index >= 15 is 0 Å². The van der Waals surface area contributed by atoms with E-state index in [9.17, 15) is 0 Å². The Balaban J connectivity index is 3.64. The van der Waals surface area contributed by atoms with E-state index < -0.39 is 0 Å². The van der Waals surface area contributed by atoms with Gasteiger partial charge >= 0.3 is 0 Å². The molecule has 2 heteroatoms. The highest BCUT2D eigenvalue weighted by Gasteiger charge is 2.20. The van der Waals surface area contributed by atoms with Crippen molar-refractivity contribution >= 4 is 0 Å². The lowest BCUT2D eigenvalue weighted by Gasteiger charge is -2.30. The third-order valence-corrected chi connectivity index (χ3v) is 2.66. The average Bonchev–Trinajstić information content (AvgIpc) is 2.13. The molecule has 0 aromatic carbocycles. The minimum Gasteiger partial charge on any atom is -0.381 e. The molecule has 0 unspecified atom stereocenters. The molecule has 0 aliphatic heterocycles. The molecule has 2 nitrogen and oxygen atoms in total. The van der Waals surface area contributed by atoms with E-state index in [1.54, 1.807) is 0 Å². The van der Waals surface area contributed by atoms with Crippen LogP contribution >= 0.6 is 0 Å². The lowest BCUT2D eigenvalue weighted by atomic mass is 9.93. The van der Waals surface area contributed by atoms with Crippen LogP contribution in [0.3, 0.4) is 0 Å². The summed E-state index contributed by atoms with van der Waals surface area (Å²) in [5.74, 6) is 0.786. The van der Waals surface area contributed by atoms with Gasteiger partial charge in [0.25, 0.3) is 0 Å². The van der Waals surface area contributed by atoms with E-state index in [0.717, 1.165) is 25.7 Å². The predicted octanol–water partition coefficient (Wildman–Crippen LogP) is 3.85. The molecular weight excluding hydrogens is 210 g/mol. The Hall–Kier alpha value is -0.0800. The van der Waals surface area contributed by atoms with Crippen molar-refractivity contribution in [2.24, 2.45) is 11.3 Å². The molecule has 0 saturated heterocycles. The molecule has 1 N–H and O–H groups in total. The van der Waals surface area contributed by atoms with E-state index in [1.807, 2.05) is 0 Å². The summed E-state index contributed by atoms with van der Waals surface area (Å²) in [6.45, 7) is 18.4. The van der Waals surface area contributed by atoms with Crippen LogP contribution in [0.5, 0.6) is 0 Å². The monoisotopic (exact) mass is 243 g/mol. The van der Waals surface area contributed by atoms with Crippen LogP contribution in [-0.4, -0.2) is 25.3 Å². The first kappa shape index (κ1) is 16.9. The molecule has 0 rings (SSSR count). The van der Waals surface area contributed by atoms with Crippen LogP contribution in [0.4, 0.5) is 0 Å². The molecule has 0 aliphatic rings. The van der Waals surface area contributed by atoms with Gasteiger partial charge in [-0.05, 0) is 39.5 Å². The summed E-state index contributed by atoms with van der Waals surface area (Å²) in [7, 11) is 0. The first-order valence-corrected chi connectivity index (χ1v) is 6.95. The molecule has 0 heterocycles. The van der Waals surface area contributed by atoms with E-state index in [0.29, 0.717) is 0 Å². The molecule has 104 valence electrons. The van der Waals surface area contributed by atoms with Crippen molar-refractivity contribution in [3.8, 4) is 0 Å². The van der Waals surface area contributed by atoms with Crippen molar-refractivity contribution in [3.05, 3.63) is 0 Å². The van der Waals surface area contributed by atoms with Gasteiger partial charge in [0.2, 0.25) is 0 Å². The predicted molar refractivity (Wildman–Crippen MR) is 76.4 cm³/mol. The Labute approximate surface area is 109 Å². The average molecular weight is 243 g/mol. The summed E-state index contributed by atoms with van der Waals surface area (Å²) in [6.07, 6.45) is 2.45. The fourth-order valence-electron chi connectivity index (χ4n) is 1.50. The Morgan fingerprint density at radius 3 is 2.12 bits per heavy atom. The second-order valence-corrected chi connectivity index (χ2v) is 7.36. The van der Waals surface area contributed by atoms with Crippen LogP contribution in [0.1, 0.15) is 61.3 Å². The number of hydrogen-bond acceptors (Lipinski definition) is 2. The van der Waals surface area contributed by atoms with E-state index in [-0.39, 0.29) is 11.0 Å². The van der Waals surface area contributed by atoms with Gasteiger partial charge in [-0.2, -0.15) is 0 Å². The summed E-state index contributed by atoms with van der Waals surface area (Å²) < 4.78 is 5.77. The maximum absolute atomic E-state index is 5.77. The molecular formula is C15H33NO. The van der Waals surface area contributed by atoms with Crippen LogP contribution in [0.15, 0.2) is 0 Å². The maximum Gasteiger partial charge on any atom is 0.0529 e. The minimum atomic E-state index is 0.189. The van der Waals surface area contributed by atoms with Crippen molar-refractivity contribution in [2.75, 3.05) is 19.8 Å². The normalized spacial score (nSPS) is 13.4. The minimum absolute atomic E-state index is 0.189. The van der Waals surface area contributed by atoms with Crippen LogP contribution < -0.4 is 5.32 Å². The van der Waals surface area contributed by atoms with Crippen LogP contribution in [0, 0.1) is 11.3 Å². The van der Waals surface area contributed by atoms with Crippen LogP contribution in [0.25, 0.3) is 0 Å². The zero-order valence-electron chi connectivity index (χ0n) is 13.0. The van der Waals surface area contributed by atoms with E-state index in [2.05, 4.69) is 53.8 Å². The van der Waals surface area contributed by atoms with Gasteiger partial charge in [0.1, 0.15) is 0 Å². The lowest BCUT2D eigenvalue weighted by Crippen LogP contribution is -2.43. The van der Waals surface area contributed by atoms with E-state index in [4.69, 9.17) is 4.74 Å². The van der Waals surface area contributed by atoms with Crippen molar-refractivity contribution in [1.82, 2.24) is 5.32 Å². The number of ether oxygens (including phenoxy) is 1. The summed E-state index contributed by atoms with van der Waals surface area (Å²) in [4.78, 5) is 0. The van der Waals surface area contributed by atoms with Gasteiger partial charge < -0.3 is 10.1 Å². The standard InChI is InChI=1S/C15H33NO/c1-13(2)9-8-10-17-12-15(6,7)11-16-14(3,4)5/h13,16H,8-12H2,1-7H3. The largest absolute Gasteiger partial charge is 0.381 e. The Bertz CT molecular complexity index is 192. The molecule has 0 spiro atoms. The smallest absolute Gasteiger partial charge is 0.0529 e. The molecule has 17 heavy (non-hydrogen) atoms. The van der Waals surface area contributed by atoms with Gasteiger partial charge in [-0.1, -0.05) is 27.7 Å². The van der Waals surface area contributed by atoms with Gasteiger partial charge in [0.15, 0.2) is 0 Å². The summed E-state index contributed by atoms with van der Waals surface area (Å²) in [5.41, 5.74) is 0.403. The number of hydrogen-bond donors (Lipinski definition) is 1. The lowest BCUT2D eigenvalue weighted by molar-refractivity contribution is 0.0556. The molecule has 0 fully saturated rings. The molecule has 0 aromatic heterocycles. The number of rotatable bonds is 8. The third kappa shape index (κ3) is 12.2. The van der Waals surface area contributed by atoms with E-state index in [1.165, 1.54) is 12.8 Å². The second-order valence-electron chi connectivity index (χ2n) is 7.36. The molecule has 0 bridgehead atoms. The fourth-order valence-corrected chi connectivity index (χ4v) is 1.50. The topological polar surface area (TPSA) is 21.3 Å². The summed E-state index contributed by atoms with van der Waals surface area (Å²) in [6, 6.07) is 0. The summed E-state index contributed by atoms with van der Waals surface area (Å²) >= 11 is 0. The fraction of sp³-hybridized carbons (Fsp3) is 1.00. The van der Waals surface area contributed by atoms with Crippen molar-refractivity contribution in [3.63, 3.8) is 0 Å². The SMILES string of the molecule is CC(C)CCCOCC(C)(C)CNC(C)(C)C. The zero-order chi connectivity index (χ0) is 13.5. The first-order chi connectivity index (χ1) is 7.62. The molecule has 0 aliphatic carbocycles. The molecule has 0 aromatic rings. The third-order valence-electron chi connectivity index (χ3n) is 2.66. The Morgan fingerprint density at radius 2 is 1.65 bits per heavy atom. The Kier molecular flexibility index (Phi) is 7.34. The molecule has 0 saturated carbocycles. The van der Waals surface area contributed by atoms with Crippen molar-refractivity contribution < 1.29 is 4.74 Å². The van der Waals surface area contributed by atoms with Gasteiger partial charge in [-0.25, -0.2) is 0 Å². The van der Waals surface area contributed by atoms with Crippen molar-refractivity contribution in [2.45, 2.75) is 66.8 Å². The summed E-state index contributed by atoms with van der Waals surface area (Å²) in [5, 5.41) is 3.54. The highest BCUT2D eigenvalue weighted by atomic mass is 16.5. The van der Waals surface area contributed by atoms with Crippen LogP contribution in [0.2, 0.25) is 0 Å². The Morgan fingerprint density at radius 1 is 1.06 bits per heavy atom.